The molecule has 0 saturated heterocycles. The molecule has 0 aliphatic rings. The summed E-state index contributed by atoms with van der Waals surface area (Å²) in [7, 11) is 0. The average molecular weight is 422 g/mol. The molecule has 0 amide bonds. The van der Waals surface area contributed by atoms with Crippen molar-refractivity contribution < 1.29 is 19.0 Å². The van der Waals surface area contributed by atoms with Crippen LogP contribution < -0.4 is 10.1 Å². The van der Waals surface area contributed by atoms with Crippen LogP contribution >= 0.6 is 11.6 Å². The Hall–Kier alpha value is -1.95. The molecular weight excluding hydrogens is 393 g/mol. The van der Waals surface area contributed by atoms with Crippen molar-refractivity contribution in [3.8, 4) is 11.5 Å². The van der Waals surface area contributed by atoms with Crippen molar-refractivity contribution >= 4 is 17.4 Å². The normalized spacial score (nSPS) is 14.3. The van der Waals surface area contributed by atoms with Gasteiger partial charge in [0.15, 0.2) is 11.6 Å². The summed E-state index contributed by atoms with van der Waals surface area (Å²) in [6.45, 7) is 5.68. The Morgan fingerprint density at radius 1 is 1.17 bits per heavy atom. The number of rotatable bonds is 11. The van der Waals surface area contributed by atoms with Gasteiger partial charge in [0, 0.05) is 37.1 Å². The first kappa shape index (κ1) is 23.3. The van der Waals surface area contributed by atoms with Crippen LogP contribution in [0, 0.1) is 11.7 Å². The Kier molecular flexibility index (Phi) is 9.08. The van der Waals surface area contributed by atoms with Gasteiger partial charge >= 0.3 is 0 Å². The molecule has 2 N–H and O–H groups in total. The number of benzene rings is 2. The molecule has 0 bridgehead atoms. The van der Waals surface area contributed by atoms with Crippen molar-refractivity contribution in [2.75, 3.05) is 6.61 Å². The minimum Gasteiger partial charge on any atom is -0.453 e. The van der Waals surface area contributed by atoms with Crippen LogP contribution in [0.1, 0.15) is 51.6 Å². The Labute approximate surface area is 177 Å². The molecule has 0 spiro atoms. The summed E-state index contributed by atoms with van der Waals surface area (Å²) in [5, 5.41) is 12.6. The van der Waals surface area contributed by atoms with Crippen LogP contribution in [0.4, 0.5) is 4.39 Å². The molecular formula is C23H29ClFNO3. The van der Waals surface area contributed by atoms with Gasteiger partial charge in [-0.15, -0.1) is 0 Å². The van der Waals surface area contributed by atoms with E-state index in [1.807, 2.05) is 26.8 Å². The first-order valence-corrected chi connectivity index (χ1v) is 10.3. The number of aliphatic hydroxyl groups is 1. The summed E-state index contributed by atoms with van der Waals surface area (Å²) < 4.78 is 20.9. The molecule has 0 aromatic heterocycles. The van der Waals surface area contributed by atoms with E-state index in [4.69, 9.17) is 21.4 Å². The third-order valence-corrected chi connectivity index (χ3v) is 5.03. The number of nitrogens with one attached hydrogen (secondary N) is 1. The zero-order valence-electron chi connectivity index (χ0n) is 17.1. The maximum atomic E-state index is 15.2. The lowest BCUT2D eigenvalue weighted by Crippen LogP contribution is -2.33. The van der Waals surface area contributed by atoms with Crippen molar-refractivity contribution in [3.05, 3.63) is 58.9 Å². The van der Waals surface area contributed by atoms with Crippen LogP contribution in [0.15, 0.2) is 42.5 Å². The number of carbonyl (C=O) groups is 1. The highest BCUT2D eigenvalue weighted by molar-refractivity contribution is 6.32. The van der Waals surface area contributed by atoms with Crippen LogP contribution in [-0.2, 0) is 4.79 Å². The number of aliphatic hydroxyl groups excluding tert-OH is 1. The Bertz CT molecular complexity index is 800. The third-order valence-electron chi connectivity index (χ3n) is 4.73. The van der Waals surface area contributed by atoms with E-state index < -0.39 is 5.82 Å². The van der Waals surface area contributed by atoms with E-state index in [0.29, 0.717) is 30.6 Å². The summed E-state index contributed by atoms with van der Waals surface area (Å²) in [5.41, 5.74) is 0.450. The molecule has 2 rings (SSSR count). The van der Waals surface area contributed by atoms with Crippen LogP contribution in [0.5, 0.6) is 11.5 Å². The summed E-state index contributed by atoms with van der Waals surface area (Å²) in [6, 6.07) is 11.8. The van der Waals surface area contributed by atoms with Gasteiger partial charge in [0.1, 0.15) is 11.5 Å². The lowest BCUT2D eigenvalue weighted by molar-refractivity contribution is -0.120. The van der Waals surface area contributed by atoms with Crippen LogP contribution in [0.2, 0.25) is 5.02 Å². The molecule has 0 aliphatic heterocycles. The van der Waals surface area contributed by atoms with Crippen molar-refractivity contribution in [2.24, 2.45) is 5.92 Å². The van der Waals surface area contributed by atoms with E-state index >= 15 is 4.39 Å². The molecule has 0 saturated carbocycles. The molecule has 0 aliphatic carbocycles. The lowest BCUT2D eigenvalue weighted by atomic mass is 9.98. The zero-order chi connectivity index (χ0) is 21.4. The summed E-state index contributed by atoms with van der Waals surface area (Å²) in [4.78, 5) is 12.1. The van der Waals surface area contributed by atoms with Crippen molar-refractivity contribution in [3.63, 3.8) is 0 Å². The van der Waals surface area contributed by atoms with E-state index in [9.17, 15) is 4.79 Å². The molecule has 0 fully saturated rings. The predicted molar refractivity (Wildman–Crippen MR) is 114 cm³/mol. The molecule has 3 atom stereocenters. The maximum Gasteiger partial charge on any atom is 0.181 e. The Balaban J connectivity index is 2.14. The second kappa shape index (κ2) is 11.3. The first-order chi connectivity index (χ1) is 13.8. The number of Topliss-reactive ketones (excluding diaryl/α,β-unsaturated/α-hetero) is 1. The van der Waals surface area contributed by atoms with Crippen molar-refractivity contribution in [2.45, 2.75) is 52.1 Å². The van der Waals surface area contributed by atoms with Gasteiger partial charge in [0.05, 0.1) is 5.02 Å². The molecule has 4 nitrogen and oxygen atoms in total. The van der Waals surface area contributed by atoms with E-state index in [-0.39, 0.29) is 41.2 Å². The van der Waals surface area contributed by atoms with E-state index in [2.05, 4.69) is 5.32 Å². The van der Waals surface area contributed by atoms with Gasteiger partial charge in [-0.1, -0.05) is 49.7 Å². The average Bonchev–Trinajstić information content (AvgIpc) is 2.70. The minimum absolute atomic E-state index is 0.00360. The quantitative estimate of drug-likeness (QED) is 0.490. The second-order valence-electron chi connectivity index (χ2n) is 7.46. The molecule has 6 heteroatoms. The fourth-order valence-electron chi connectivity index (χ4n) is 3.22. The molecule has 2 aromatic carbocycles. The maximum absolute atomic E-state index is 15.2. The van der Waals surface area contributed by atoms with E-state index in [0.717, 1.165) is 0 Å². The summed E-state index contributed by atoms with van der Waals surface area (Å²) in [5.74, 6) is 0.0156. The van der Waals surface area contributed by atoms with Gasteiger partial charge in [0.2, 0.25) is 0 Å². The van der Waals surface area contributed by atoms with Crippen molar-refractivity contribution in [1.29, 1.82) is 0 Å². The number of halogens is 2. The summed E-state index contributed by atoms with van der Waals surface area (Å²) >= 11 is 6.19. The number of hydrogen-bond acceptors (Lipinski definition) is 4. The van der Waals surface area contributed by atoms with Gasteiger partial charge in [-0.2, -0.15) is 0 Å². The van der Waals surface area contributed by atoms with Gasteiger partial charge in [-0.3, -0.25) is 4.79 Å². The SMILES string of the molecule is CC[C@@H](N[C@H](C)CC(=O)C[C@@H](C)CO)c1ccc(Cl)c(Oc2ccccc2)c1F. The Morgan fingerprint density at radius 3 is 2.48 bits per heavy atom. The molecule has 0 radical (unpaired) electrons. The fraction of sp³-hybridized carbons (Fsp3) is 0.435. The molecule has 0 unspecified atom stereocenters. The number of para-hydroxylation sites is 1. The second-order valence-corrected chi connectivity index (χ2v) is 7.87. The van der Waals surface area contributed by atoms with Gasteiger partial charge in [-0.25, -0.2) is 4.39 Å². The summed E-state index contributed by atoms with van der Waals surface area (Å²) in [6.07, 6.45) is 1.29. The number of ketones is 1. The van der Waals surface area contributed by atoms with Gasteiger partial charge < -0.3 is 15.2 Å². The van der Waals surface area contributed by atoms with Crippen LogP contribution in [-0.4, -0.2) is 23.5 Å². The van der Waals surface area contributed by atoms with Crippen molar-refractivity contribution in [1.82, 2.24) is 5.32 Å². The van der Waals surface area contributed by atoms with Gasteiger partial charge in [0.25, 0.3) is 0 Å². The predicted octanol–water partition coefficient (Wildman–Crippen LogP) is 5.68. The number of carbonyl (C=O) groups excluding carboxylic acids is 1. The smallest absolute Gasteiger partial charge is 0.181 e. The standard InChI is InChI=1S/C23H29ClFNO3/c1-4-21(26-16(3)13-17(28)12-15(2)14-27)19-10-11-20(24)23(22(19)25)29-18-8-6-5-7-9-18/h5-11,15-16,21,26-27H,4,12-14H2,1-3H3/t15-,16-,21-/m1/s1. The number of ether oxygens (including phenoxy) is 1. The Morgan fingerprint density at radius 2 is 1.86 bits per heavy atom. The first-order valence-electron chi connectivity index (χ1n) is 9.95. The van der Waals surface area contributed by atoms with E-state index in [1.54, 1.807) is 36.4 Å². The fourth-order valence-corrected chi connectivity index (χ4v) is 3.41. The lowest BCUT2D eigenvalue weighted by Gasteiger charge is -2.24. The van der Waals surface area contributed by atoms with E-state index in [1.165, 1.54) is 0 Å². The highest BCUT2D eigenvalue weighted by atomic mass is 35.5. The third kappa shape index (κ3) is 6.81. The molecule has 2 aromatic rings. The zero-order valence-corrected chi connectivity index (χ0v) is 17.9. The largest absolute Gasteiger partial charge is 0.453 e. The highest BCUT2D eigenvalue weighted by Gasteiger charge is 2.22. The molecule has 0 heterocycles. The molecule has 29 heavy (non-hydrogen) atoms. The molecule has 158 valence electrons. The highest BCUT2D eigenvalue weighted by Crippen LogP contribution is 2.36. The van der Waals surface area contributed by atoms with Crippen LogP contribution in [0.3, 0.4) is 0 Å². The number of hydrogen-bond donors (Lipinski definition) is 2. The monoisotopic (exact) mass is 421 g/mol. The van der Waals surface area contributed by atoms with Gasteiger partial charge in [-0.05, 0) is 37.5 Å². The van der Waals surface area contributed by atoms with Crippen LogP contribution in [0.25, 0.3) is 0 Å². The topological polar surface area (TPSA) is 58.6 Å². The minimum atomic E-state index is -0.506.